The molecule has 0 aliphatic carbocycles. The second kappa shape index (κ2) is 9.06. The van der Waals surface area contributed by atoms with Gasteiger partial charge in [-0.15, -0.1) is 0 Å². The van der Waals surface area contributed by atoms with Crippen molar-refractivity contribution >= 4 is 38.5 Å². The average molecular weight is 497 g/mol. The zero-order valence-electron chi connectivity index (χ0n) is 18.4. The molecule has 3 aromatic carbocycles. The first-order valence-corrected chi connectivity index (χ1v) is 12.1. The minimum absolute atomic E-state index is 0.00809. The lowest BCUT2D eigenvalue weighted by Crippen LogP contribution is -2.24. The van der Waals surface area contributed by atoms with Crippen LogP contribution in [-0.4, -0.2) is 42.5 Å². The molecular formula is C25H21ClN2O5S. The van der Waals surface area contributed by atoms with Crippen LogP contribution in [0.1, 0.15) is 21.6 Å². The number of carbonyl (C=O) groups is 1. The van der Waals surface area contributed by atoms with E-state index in [1.165, 1.54) is 30.8 Å². The van der Waals surface area contributed by atoms with Crippen molar-refractivity contribution in [1.82, 2.24) is 8.87 Å². The van der Waals surface area contributed by atoms with Gasteiger partial charge in [0.2, 0.25) is 10.0 Å². The lowest BCUT2D eigenvalue weighted by Gasteiger charge is -2.19. The van der Waals surface area contributed by atoms with E-state index in [1.54, 1.807) is 54.6 Å². The lowest BCUT2D eigenvalue weighted by molar-refractivity contribution is 0.0686. The van der Waals surface area contributed by atoms with Crippen molar-refractivity contribution in [3.05, 3.63) is 105 Å². The van der Waals surface area contributed by atoms with Crippen LogP contribution in [0.5, 0.6) is 0 Å². The van der Waals surface area contributed by atoms with Gasteiger partial charge in [-0.05, 0) is 48.0 Å². The van der Waals surface area contributed by atoms with Crippen LogP contribution in [0.4, 0.5) is 0 Å². The topological polar surface area (TPSA) is 96.7 Å². The maximum absolute atomic E-state index is 13.4. The number of nitrogens with zero attached hydrogens (tertiary/aromatic N) is 2. The summed E-state index contributed by atoms with van der Waals surface area (Å²) < 4.78 is 27.3. The van der Waals surface area contributed by atoms with Crippen molar-refractivity contribution in [2.24, 2.45) is 0 Å². The number of benzene rings is 3. The molecule has 0 unspecified atom stereocenters. The number of fused-ring (bicyclic) bond motifs is 1. The summed E-state index contributed by atoms with van der Waals surface area (Å²) in [5.74, 6) is -1.26. The van der Waals surface area contributed by atoms with Gasteiger partial charge >= 0.3 is 5.97 Å². The van der Waals surface area contributed by atoms with Crippen LogP contribution in [0.15, 0.2) is 82.5 Å². The summed E-state index contributed by atoms with van der Waals surface area (Å²) in [6.07, 6.45) is 0.00809. The number of hydrogen-bond donors (Lipinski definition) is 1. The quantitative estimate of drug-likeness (QED) is 0.432. The van der Waals surface area contributed by atoms with E-state index in [4.69, 9.17) is 11.6 Å². The van der Waals surface area contributed by atoms with Crippen molar-refractivity contribution in [2.45, 2.75) is 11.3 Å². The maximum atomic E-state index is 13.4. The lowest BCUT2D eigenvalue weighted by atomic mass is 9.99. The molecule has 0 radical (unpaired) electrons. The summed E-state index contributed by atoms with van der Waals surface area (Å²) in [4.78, 5) is 26.0. The summed E-state index contributed by atoms with van der Waals surface area (Å²) >= 11 is 6.19. The number of para-hydroxylation sites is 1. The van der Waals surface area contributed by atoms with Crippen molar-refractivity contribution < 1.29 is 18.3 Å². The zero-order valence-corrected chi connectivity index (χ0v) is 20.0. The molecule has 0 spiro atoms. The largest absolute Gasteiger partial charge is 0.477 e. The van der Waals surface area contributed by atoms with E-state index < -0.39 is 21.4 Å². The minimum atomic E-state index is -3.61. The standard InChI is InChI=1S/C25H21ClN2O5S/c1-27(2)34(32,33)19-11-8-16(9-12-19)14-21-23(25(30)31)28(18-6-4-3-5-7-18)22-15-17(26)10-13-20(22)24(21)29/h3-13,15H,14H2,1-2H3,(H,30,31). The van der Waals surface area contributed by atoms with Gasteiger partial charge in [0, 0.05) is 42.2 Å². The second-order valence-corrected chi connectivity index (χ2v) is 10.5. The number of sulfonamides is 1. The third-order valence-corrected chi connectivity index (χ3v) is 7.59. The molecule has 0 aliphatic rings. The number of aromatic nitrogens is 1. The van der Waals surface area contributed by atoms with Gasteiger partial charge in [0.05, 0.1) is 10.4 Å². The highest BCUT2D eigenvalue weighted by atomic mass is 35.5. The Hall–Kier alpha value is -3.46. The van der Waals surface area contributed by atoms with E-state index in [9.17, 15) is 23.1 Å². The van der Waals surface area contributed by atoms with Crippen LogP contribution >= 0.6 is 11.6 Å². The van der Waals surface area contributed by atoms with Crippen molar-refractivity contribution in [3.8, 4) is 5.69 Å². The molecule has 1 aromatic heterocycles. The molecule has 1 heterocycles. The Morgan fingerprint density at radius 3 is 2.24 bits per heavy atom. The molecule has 0 aliphatic heterocycles. The smallest absolute Gasteiger partial charge is 0.353 e. The van der Waals surface area contributed by atoms with E-state index in [2.05, 4.69) is 0 Å². The Bertz CT molecular complexity index is 1560. The first kappa shape index (κ1) is 23.7. The summed E-state index contributed by atoms with van der Waals surface area (Å²) in [6.45, 7) is 0. The Morgan fingerprint density at radius 1 is 1.00 bits per heavy atom. The number of hydrogen-bond acceptors (Lipinski definition) is 4. The van der Waals surface area contributed by atoms with Crippen molar-refractivity contribution in [3.63, 3.8) is 0 Å². The van der Waals surface area contributed by atoms with Crippen LogP contribution in [0.3, 0.4) is 0 Å². The molecule has 1 N–H and O–H groups in total. The van der Waals surface area contributed by atoms with Gasteiger partial charge in [0.15, 0.2) is 5.43 Å². The summed E-state index contributed by atoms with van der Waals surface area (Å²) in [5, 5.41) is 10.9. The highest BCUT2D eigenvalue weighted by Gasteiger charge is 2.24. The van der Waals surface area contributed by atoms with Gasteiger partial charge < -0.3 is 9.67 Å². The third-order valence-electron chi connectivity index (χ3n) is 5.53. The van der Waals surface area contributed by atoms with Crippen molar-refractivity contribution in [2.75, 3.05) is 14.1 Å². The number of carboxylic acids is 1. The zero-order chi connectivity index (χ0) is 24.6. The highest BCUT2D eigenvalue weighted by Crippen LogP contribution is 2.26. The molecule has 0 fully saturated rings. The summed E-state index contributed by atoms with van der Waals surface area (Å²) in [5.41, 5.74) is 1.06. The fourth-order valence-corrected chi connectivity index (χ4v) is 4.90. The Labute approximate surface area is 201 Å². The van der Waals surface area contributed by atoms with Gasteiger partial charge in [0.1, 0.15) is 5.69 Å². The van der Waals surface area contributed by atoms with Crippen LogP contribution in [0.25, 0.3) is 16.6 Å². The fourth-order valence-electron chi connectivity index (χ4n) is 3.84. The Morgan fingerprint density at radius 2 is 1.65 bits per heavy atom. The van der Waals surface area contributed by atoms with E-state index in [1.807, 2.05) is 6.07 Å². The molecule has 0 bridgehead atoms. The molecule has 0 saturated heterocycles. The van der Waals surface area contributed by atoms with E-state index in [-0.39, 0.29) is 22.6 Å². The van der Waals surface area contributed by atoms with Crippen LogP contribution in [0, 0.1) is 0 Å². The van der Waals surface area contributed by atoms with Gasteiger partial charge in [-0.3, -0.25) is 4.79 Å². The van der Waals surface area contributed by atoms with Crippen molar-refractivity contribution in [1.29, 1.82) is 0 Å². The van der Waals surface area contributed by atoms with Gasteiger partial charge in [-0.2, -0.15) is 0 Å². The predicted octanol–water partition coefficient (Wildman–Crippen LogP) is 4.18. The normalized spacial score (nSPS) is 11.8. The van der Waals surface area contributed by atoms with E-state index >= 15 is 0 Å². The first-order valence-electron chi connectivity index (χ1n) is 10.3. The number of pyridine rings is 1. The summed E-state index contributed by atoms with van der Waals surface area (Å²) in [6, 6.07) is 19.7. The molecular weight excluding hydrogens is 476 g/mol. The Balaban J connectivity index is 1.96. The van der Waals surface area contributed by atoms with Gasteiger partial charge in [0.25, 0.3) is 0 Å². The first-order chi connectivity index (χ1) is 16.1. The maximum Gasteiger partial charge on any atom is 0.353 e. The molecule has 9 heteroatoms. The van der Waals surface area contributed by atoms with Crippen LogP contribution in [0.2, 0.25) is 5.02 Å². The average Bonchev–Trinajstić information content (AvgIpc) is 2.81. The number of aromatic carboxylic acids is 1. The number of rotatable bonds is 6. The highest BCUT2D eigenvalue weighted by molar-refractivity contribution is 7.89. The molecule has 7 nitrogen and oxygen atoms in total. The predicted molar refractivity (Wildman–Crippen MR) is 132 cm³/mol. The second-order valence-electron chi connectivity index (χ2n) is 7.90. The molecule has 0 amide bonds. The molecule has 4 aromatic rings. The molecule has 174 valence electrons. The van der Waals surface area contributed by atoms with Gasteiger partial charge in [-0.1, -0.05) is 41.9 Å². The number of carboxylic acid groups (broad SMARTS) is 1. The minimum Gasteiger partial charge on any atom is -0.477 e. The van der Waals surface area contributed by atoms with E-state index in [0.717, 1.165) is 4.31 Å². The van der Waals surface area contributed by atoms with Crippen LogP contribution < -0.4 is 5.43 Å². The molecule has 0 saturated carbocycles. The third kappa shape index (κ3) is 4.23. The van der Waals surface area contributed by atoms with Gasteiger partial charge in [-0.25, -0.2) is 17.5 Å². The molecule has 0 atom stereocenters. The molecule has 4 rings (SSSR count). The fraction of sp³-hybridized carbons (Fsp3) is 0.120. The monoisotopic (exact) mass is 496 g/mol. The van der Waals surface area contributed by atoms with E-state index in [0.29, 0.717) is 27.2 Å². The SMILES string of the molecule is CN(C)S(=O)(=O)c1ccc(Cc2c(C(=O)O)n(-c3ccccc3)c3cc(Cl)ccc3c2=O)cc1. The number of halogens is 1. The van der Waals surface area contributed by atoms with Crippen LogP contribution in [-0.2, 0) is 16.4 Å². The Kier molecular flexibility index (Phi) is 6.31. The summed E-state index contributed by atoms with van der Waals surface area (Å²) in [7, 11) is -0.731. The molecule has 34 heavy (non-hydrogen) atoms.